The fourth-order valence-electron chi connectivity index (χ4n) is 2.52. The van der Waals surface area contributed by atoms with Crippen LogP contribution in [-0.4, -0.2) is 24.4 Å². The van der Waals surface area contributed by atoms with Crippen molar-refractivity contribution in [3.05, 3.63) is 35.6 Å². The number of halogens is 1. The molecule has 1 unspecified atom stereocenters. The summed E-state index contributed by atoms with van der Waals surface area (Å²) in [4.78, 5) is 13.8. The minimum atomic E-state index is -0.267. The average molecular weight is 294 g/mol. The fraction of sp³-hybridized carbons (Fsp3) is 0.588. The predicted octanol–water partition coefficient (Wildman–Crippen LogP) is 3.19. The summed E-state index contributed by atoms with van der Waals surface area (Å²) < 4.78 is 13.1. The molecule has 1 rings (SSSR count). The second-order valence-electron chi connectivity index (χ2n) is 6.00. The molecule has 0 aromatic heterocycles. The third-order valence-corrected chi connectivity index (χ3v) is 3.94. The van der Waals surface area contributed by atoms with Crippen LogP contribution in [0.3, 0.4) is 0 Å². The highest BCUT2D eigenvalue weighted by Gasteiger charge is 2.16. The van der Waals surface area contributed by atoms with E-state index in [9.17, 15) is 9.18 Å². The van der Waals surface area contributed by atoms with E-state index in [1.54, 1.807) is 18.0 Å². The van der Waals surface area contributed by atoms with Gasteiger partial charge in [-0.1, -0.05) is 26.0 Å². The maximum Gasteiger partial charge on any atom is 0.222 e. The summed E-state index contributed by atoms with van der Waals surface area (Å²) in [6.45, 7) is 5.44. The third kappa shape index (κ3) is 6.25. The number of nitrogens with two attached hydrogens (primary N) is 1. The van der Waals surface area contributed by atoms with Gasteiger partial charge in [-0.25, -0.2) is 4.39 Å². The summed E-state index contributed by atoms with van der Waals surface area (Å²) in [5.41, 5.74) is 6.43. The zero-order valence-electron chi connectivity index (χ0n) is 13.3. The summed E-state index contributed by atoms with van der Waals surface area (Å²) in [5, 5.41) is 0. The summed E-state index contributed by atoms with van der Waals surface area (Å²) in [5.74, 6) is 0.856. The van der Waals surface area contributed by atoms with Crippen molar-refractivity contribution in [3.8, 4) is 0 Å². The van der Waals surface area contributed by atoms with E-state index in [0.717, 1.165) is 18.4 Å². The van der Waals surface area contributed by atoms with E-state index < -0.39 is 0 Å². The van der Waals surface area contributed by atoms with E-state index >= 15 is 0 Å². The van der Waals surface area contributed by atoms with Gasteiger partial charge in [0, 0.05) is 20.0 Å². The van der Waals surface area contributed by atoms with Gasteiger partial charge in [-0.2, -0.15) is 0 Å². The predicted molar refractivity (Wildman–Crippen MR) is 84.1 cm³/mol. The molecule has 1 amide bonds. The third-order valence-electron chi connectivity index (χ3n) is 3.94. The lowest BCUT2D eigenvalue weighted by atomic mass is 9.88. The lowest BCUT2D eigenvalue weighted by Crippen LogP contribution is -2.27. The molecule has 0 aliphatic rings. The van der Waals surface area contributed by atoms with Gasteiger partial charge in [0.15, 0.2) is 0 Å². The summed E-state index contributed by atoms with van der Waals surface area (Å²) >= 11 is 0. The van der Waals surface area contributed by atoms with E-state index in [4.69, 9.17) is 5.73 Å². The van der Waals surface area contributed by atoms with Gasteiger partial charge in [0.25, 0.3) is 0 Å². The highest BCUT2D eigenvalue weighted by atomic mass is 19.1. The van der Waals surface area contributed by atoms with Crippen LogP contribution < -0.4 is 5.73 Å². The van der Waals surface area contributed by atoms with Crippen LogP contribution in [0.15, 0.2) is 24.3 Å². The van der Waals surface area contributed by atoms with Crippen molar-refractivity contribution in [3.63, 3.8) is 0 Å². The number of benzene rings is 1. The molecule has 1 aromatic carbocycles. The van der Waals surface area contributed by atoms with Gasteiger partial charge >= 0.3 is 0 Å². The Hall–Kier alpha value is -1.42. The topological polar surface area (TPSA) is 46.3 Å². The molecule has 1 atom stereocenters. The van der Waals surface area contributed by atoms with Gasteiger partial charge < -0.3 is 10.6 Å². The molecule has 0 radical (unpaired) electrons. The second kappa shape index (κ2) is 8.78. The average Bonchev–Trinajstić information content (AvgIpc) is 2.42. The second-order valence-corrected chi connectivity index (χ2v) is 6.00. The summed E-state index contributed by atoms with van der Waals surface area (Å²) in [6.07, 6.45) is 2.34. The van der Waals surface area contributed by atoms with Crippen LogP contribution in [0.25, 0.3) is 0 Å². The number of nitrogens with zero attached hydrogens (tertiary/aromatic N) is 1. The van der Waals surface area contributed by atoms with Crippen molar-refractivity contribution < 1.29 is 9.18 Å². The number of hydrogen-bond donors (Lipinski definition) is 1. The normalized spacial score (nSPS) is 12.5. The molecule has 1 aromatic rings. The Bertz CT molecular complexity index is 448. The minimum Gasteiger partial charge on any atom is -0.341 e. The zero-order valence-corrected chi connectivity index (χ0v) is 13.3. The van der Waals surface area contributed by atoms with Gasteiger partial charge in [-0.3, -0.25) is 4.79 Å². The molecular formula is C17H27FN2O. The number of carbonyl (C=O) groups is 1. The standard InChI is InChI=1S/C17H27FN2O/c1-13(2)15(9-10-19)7-8-17(21)20(3)12-14-5-4-6-16(18)11-14/h4-6,11,13,15H,7-10,12,19H2,1-3H3. The number of hydrogen-bond acceptors (Lipinski definition) is 2. The summed E-state index contributed by atoms with van der Waals surface area (Å²) in [7, 11) is 1.76. The highest BCUT2D eigenvalue weighted by Crippen LogP contribution is 2.21. The Balaban J connectivity index is 2.47. The molecule has 0 aliphatic heterocycles. The molecule has 0 heterocycles. The van der Waals surface area contributed by atoms with Crippen LogP contribution in [-0.2, 0) is 11.3 Å². The highest BCUT2D eigenvalue weighted by molar-refractivity contribution is 5.75. The Morgan fingerprint density at radius 3 is 2.62 bits per heavy atom. The van der Waals surface area contributed by atoms with Crippen LogP contribution in [0, 0.1) is 17.7 Å². The molecular weight excluding hydrogens is 267 g/mol. The molecule has 0 fully saturated rings. The zero-order chi connectivity index (χ0) is 15.8. The molecule has 0 aliphatic carbocycles. The molecule has 4 heteroatoms. The molecule has 21 heavy (non-hydrogen) atoms. The van der Waals surface area contributed by atoms with E-state index in [0.29, 0.717) is 31.3 Å². The monoisotopic (exact) mass is 294 g/mol. The van der Waals surface area contributed by atoms with Gasteiger partial charge in [-0.05, 0) is 48.9 Å². The number of amides is 1. The van der Waals surface area contributed by atoms with E-state index in [1.807, 2.05) is 6.07 Å². The van der Waals surface area contributed by atoms with Crippen molar-refractivity contribution in [2.75, 3.05) is 13.6 Å². The lowest BCUT2D eigenvalue weighted by Gasteiger charge is -2.22. The van der Waals surface area contributed by atoms with Gasteiger partial charge in [0.05, 0.1) is 0 Å². The lowest BCUT2D eigenvalue weighted by molar-refractivity contribution is -0.130. The molecule has 118 valence electrons. The minimum absolute atomic E-state index is 0.0990. The first-order valence-electron chi connectivity index (χ1n) is 7.62. The first-order valence-corrected chi connectivity index (χ1v) is 7.62. The van der Waals surface area contributed by atoms with Crippen molar-refractivity contribution in [1.82, 2.24) is 4.90 Å². The van der Waals surface area contributed by atoms with E-state index in [-0.39, 0.29) is 11.7 Å². The van der Waals surface area contributed by atoms with Crippen LogP contribution in [0.5, 0.6) is 0 Å². The van der Waals surface area contributed by atoms with Crippen molar-refractivity contribution in [2.45, 2.75) is 39.7 Å². The number of rotatable bonds is 8. The van der Waals surface area contributed by atoms with Crippen LogP contribution in [0.1, 0.15) is 38.7 Å². The smallest absolute Gasteiger partial charge is 0.222 e. The van der Waals surface area contributed by atoms with E-state index in [2.05, 4.69) is 13.8 Å². The quantitative estimate of drug-likeness (QED) is 0.800. The Kier molecular flexibility index (Phi) is 7.37. The number of carbonyl (C=O) groups excluding carboxylic acids is 1. The Labute approximate surface area is 127 Å². The van der Waals surface area contributed by atoms with Crippen LogP contribution in [0.4, 0.5) is 4.39 Å². The van der Waals surface area contributed by atoms with Crippen molar-refractivity contribution in [2.24, 2.45) is 17.6 Å². The molecule has 0 bridgehead atoms. The van der Waals surface area contributed by atoms with Crippen LogP contribution >= 0.6 is 0 Å². The van der Waals surface area contributed by atoms with E-state index in [1.165, 1.54) is 12.1 Å². The molecule has 0 saturated heterocycles. The largest absolute Gasteiger partial charge is 0.341 e. The maximum absolute atomic E-state index is 13.1. The van der Waals surface area contributed by atoms with Crippen molar-refractivity contribution in [1.29, 1.82) is 0 Å². The first kappa shape index (κ1) is 17.6. The Morgan fingerprint density at radius 2 is 2.05 bits per heavy atom. The molecule has 2 N–H and O–H groups in total. The molecule has 0 saturated carbocycles. The SMILES string of the molecule is CC(C)C(CCN)CCC(=O)N(C)Cc1cccc(F)c1. The fourth-order valence-corrected chi connectivity index (χ4v) is 2.52. The van der Waals surface area contributed by atoms with Gasteiger partial charge in [0.2, 0.25) is 5.91 Å². The van der Waals surface area contributed by atoms with Gasteiger partial charge in [-0.15, -0.1) is 0 Å². The first-order chi connectivity index (χ1) is 9.93. The van der Waals surface area contributed by atoms with Crippen molar-refractivity contribution >= 4 is 5.91 Å². The Morgan fingerprint density at radius 1 is 1.33 bits per heavy atom. The van der Waals surface area contributed by atoms with Gasteiger partial charge in [0.1, 0.15) is 5.82 Å². The summed E-state index contributed by atoms with van der Waals surface area (Å²) in [6, 6.07) is 6.37. The van der Waals surface area contributed by atoms with Crippen LogP contribution in [0.2, 0.25) is 0 Å². The molecule has 3 nitrogen and oxygen atoms in total. The maximum atomic E-state index is 13.1. The molecule has 0 spiro atoms.